The molecule has 14 heavy (non-hydrogen) atoms. The van der Waals surface area contributed by atoms with Crippen LogP contribution in [0.25, 0.3) is 0 Å². The topological polar surface area (TPSA) is 84.6 Å². The molecule has 84 valence electrons. The zero-order chi connectivity index (χ0) is 10.8. The van der Waals surface area contributed by atoms with Gasteiger partial charge in [0, 0.05) is 6.61 Å². The second-order valence-corrected chi connectivity index (χ2v) is 3.01. The first-order valence-electron chi connectivity index (χ1n) is 4.93. The highest BCUT2D eigenvalue weighted by Crippen LogP contribution is 1.89. The van der Waals surface area contributed by atoms with Crippen molar-refractivity contribution in [3.05, 3.63) is 0 Å². The molecule has 0 aliphatic rings. The summed E-state index contributed by atoms with van der Waals surface area (Å²) in [4.78, 5) is 10.8. The summed E-state index contributed by atoms with van der Waals surface area (Å²) in [5, 5.41) is 11.4. The molecule has 0 heterocycles. The summed E-state index contributed by atoms with van der Waals surface area (Å²) in [6, 6.07) is -0.243. The van der Waals surface area contributed by atoms with Crippen LogP contribution in [0.15, 0.2) is 0 Å². The monoisotopic (exact) mass is 204 g/mol. The van der Waals surface area contributed by atoms with E-state index in [4.69, 9.17) is 15.6 Å². The number of nitrogens with one attached hydrogen (secondary N) is 1. The van der Waals surface area contributed by atoms with Gasteiger partial charge in [0.15, 0.2) is 0 Å². The molecule has 4 N–H and O–H groups in total. The van der Waals surface area contributed by atoms with Crippen molar-refractivity contribution < 1.29 is 14.6 Å². The van der Waals surface area contributed by atoms with E-state index in [2.05, 4.69) is 5.32 Å². The molecule has 0 radical (unpaired) electrons. The lowest BCUT2D eigenvalue weighted by molar-refractivity contribution is -0.120. The van der Waals surface area contributed by atoms with Crippen LogP contribution in [0.1, 0.15) is 19.8 Å². The van der Waals surface area contributed by atoms with Crippen molar-refractivity contribution in [1.29, 1.82) is 0 Å². The molecule has 0 bridgehead atoms. The van der Waals surface area contributed by atoms with Crippen molar-refractivity contribution >= 4 is 5.91 Å². The highest BCUT2D eigenvalue weighted by molar-refractivity contribution is 5.79. The molecule has 0 aromatic heterocycles. The third-order valence-corrected chi connectivity index (χ3v) is 1.84. The molecule has 5 nitrogen and oxygen atoms in total. The number of rotatable bonds is 9. The maximum atomic E-state index is 10.8. The van der Waals surface area contributed by atoms with E-state index < -0.39 is 0 Å². The molecule has 0 aliphatic carbocycles. The average Bonchev–Trinajstić information content (AvgIpc) is 2.16. The van der Waals surface area contributed by atoms with Gasteiger partial charge in [-0.05, 0) is 19.4 Å². The lowest BCUT2D eigenvalue weighted by Gasteiger charge is -2.12. The minimum absolute atomic E-state index is 0.0479. The molecule has 0 aromatic carbocycles. The van der Waals surface area contributed by atoms with Gasteiger partial charge in [-0.15, -0.1) is 0 Å². The number of nitrogens with two attached hydrogens (primary N) is 1. The molecule has 1 unspecified atom stereocenters. The summed E-state index contributed by atoms with van der Waals surface area (Å²) in [5.41, 5.74) is 5.14. The van der Waals surface area contributed by atoms with Crippen LogP contribution in [0, 0.1) is 0 Å². The first kappa shape index (κ1) is 13.4. The Morgan fingerprint density at radius 3 is 2.79 bits per heavy atom. The highest BCUT2D eigenvalue weighted by atomic mass is 16.5. The third-order valence-electron chi connectivity index (χ3n) is 1.84. The van der Waals surface area contributed by atoms with Gasteiger partial charge in [-0.3, -0.25) is 4.79 Å². The van der Waals surface area contributed by atoms with Crippen LogP contribution in [0.2, 0.25) is 0 Å². The Morgan fingerprint density at radius 2 is 2.29 bits per heavy atom. The minimum Gasteiger partial charge on any atom is -0.394 e. The molecule has 0 aromatic rings. The van der Waals surface area contributed by atoms with Crippen LogP contribution in [0.4, 0.5) is 0 Å². The molecule has 1 atom stereocenters. The SMILES string of the molecule is CCC(NCCCOCCO)C(N)=O. The van der Waals surface area contributed by atoms with Crippen LogP contribution in [0.5, 0.6) is 0 Å². The summed E-state index contributed by atoms with van der Waals surface area (Å²) in [5.74, 6) is -0.316. The number of hydrogen-bond donors (Lipinski definition) is 3. The number of primary amides is 1. The zero-order valence-corrected chi connectivity index (χ0v) is 8.66. The van der Waals surface area contributed by atoms with E-state index in [-0.39, 0.29) is 18.6 Å². The largest absolute Gasteiger partial charge is 0.394 e. The van der Waals surface area contributed by atoms with E-state index in [1.54, 1.807) is 0 Å². The maximum absolute atomic E-state index is 10.8. The average molecular weight is 204 g/mol. The van der Waals surface area contributed by atoms with Gasteiger partial charge in [-0.1, -0.05) is 6.92 Å². The van der Waals surface area contributed by atoms with E-state index in [9.17, 15) is 4.79 Å². The van der Waals surface area contributed by atoms with Crippen molar-refractivity contribution in [2.75, 3.05) is 26.4 Å². The van der Waals surface area contributed by atoms with Crippen LogP contribution >= 0.6 is 0 Å². The molecule has 0 rings (SSSR count). The summed E-state index contributed by atoms with van der Waals surface area (Å²) in [7, 11) is 0. The lowest BCUT2D eigenvalue weighted by Crippen LogP contribution is -2.41. The lowest BCUT2D eigenvalue weighted by atomic mass is 10.2. The number of aliphatic hydroxyl groups excluding tert-OH is 1. The predicted molar refractivity (Wildman–Crippen MR) is 53.8 cm³/mol. The Bertz CT molecular complexity index is 153. The predicted octanol–water partition coefficient (Wildman–Crippen LogP) is -0.761. The van der Waals surface area contributed by atoms with Crippen LogP contribution < -0.4 is 11.1 Å². The van der Waals surface area contributed by atoms with Gasteiger partial charge in [0.1, 0.15) is 0 Å². The van der Waals surface area contributed by atoms with E-state index in [0.29, 0.717) is 26.2 Å². The van der Waals surface area contributed by atoms with E-state index in [1.165, 1.54) is 0 Å². The van der Waals surface area contributed by atoms with E-state index in [0.717, 1.165) is 6.42 Å². The fourth-order valence-electron chi connectivity index (χ4n) is 1.06. The number of aliphatic hydroxyl groups is 1. The number of hydrogen-bond acceptors (Lipinski definition) is 4. The Balaban J connectivity index is 3.29. The highest BCUT2D eigenvalue weighted by Gasteiger charge is 2.10. The van der Waals surface area contributed by atoms with E-state index >= 15 is 0 Å². The molecular weight excluding hydrogens is 184 g/mol. The summed E-state index contributed by atoms with van der Waals surface area (Å²) in [6.45, 7) is 3.61. The molecule has 0 aliphatic heterocycles. The van der Waals surface area contributed by atoms with Gasteiger partial charge >= 0.3 is 0 Å². The van der Waals surface area contributed by atoms with Crippen LogP contribution in [-0.4, -0.2) is 43.4 Å². The third kappa shape index (κ3) is 6.82. The quantitative estimate of drug-likeness (QED) is 0.431. The fourth-order valence-corrected chi connectivity index (χ4v) is 1.06. The Kier molecular flexibility index (Phi) is 8.51. The fraction of sp³-hybridized carbons (Fsp3) is 0.889. The van der Waals surface area contributed by atoms with Gasteiger partial charge < -0.3 is 20.9 Å². The zero-order valence-electron chi connectivity index (χ0n) is 8.66. The maximum Gasteiger partial charge on any atom is 0.234 e. The normalized spacial score (nSPS) is 12.7. The number of amides is 1. The van der Waals surface area contributed by atoms with Crippen molar-refractivity contribution in [2.45, 2.75) is 25.8 Å². The summed E-state index contributed by atoms with van der Waals surface area (Å²) >= 11 is 0. The smallest absolute Gasteiger partial charge is 0.234 e. The molecule has 0 saturated heterocycles. The first-order valence-corrected chi connectivity index (χ1v) is 4.93. The Morgan fingerprint density at radius 1 is 1.57 bits per heavy atom. The summed E-state index contributed by atoms with van der Waals surface area (Å²) < 4.78 is 5.05. The first-order chi connectivity index (χ1) is 6.72. The number of ether oxygens (including phenoxy) is 1. The van der Waals surface area contributed by atoms with Gasteiger partial charge in [0.2, 0.25) is 5.91 Å². The van der Waals surface area contributed by atoms with Crippen molar-refractivity contribution in [1.82, 2.24) is 5.32 Å². The molecule has 1 amide bonds. The molecule has 5 heteroatoms. The minimum atomic E-state index is -0.316. The van der Waals surface area contributed by atoms with Crippen LogP contribution in [-0.2, 0) is 9.53 Å². The molecule has 0 fully saturated rings. The van der Waals surface area contributed by atoms with Crippen molar-refractivity contribution in [3.63, 3.8) is 0 Å². The second-order valence-electron chi connectivity index (χ2n) is 3.01. The Labute approximate surface area is 84.6 Å². The standard InChI is InChI=1S/C9H20N2O3/c1-2-8(9(10)13)11-4-3-6-14-7-5-12/h8,11-12H,2-7H2,1H3,(H2,10,13). The van der Waals surface area contributed by atoms with Gasteiger partial charge in [0.05, 0.1) is 19.3 Å². The van der Waals surface area contributed by atoms with E-state index in [1.807, 2.05) is 6.92 Å². The molecule has 0 spiro atoms. The van der Waals surface area contributed by atoms with Gasteiger partial charge in [-0.25, -0.2) is 0 Å². The van der Waals surface area contributed by atoms with Crippen molar-refractivity contribution in [2.24, 2.45) is 5.73 Å². The van der Waals surface area contributed by atoms with Crippen LogP contribution in [0.3, 0.4) is 0 Å². The Hall–Kier alpha value is -0.650. The van der Waals surface area contributed by atoms with Crippen molar-refractivity contribution in [3.8, 4) is 0 Å². The molecule has 0 saturated carbocycles. The summed E-state index contributed by atoms with van der Waals surface area (Å²) in [6.07, 6.45) is 1.51. The number of carbonyl (C=O) groups is 1. The number of carbonyl (C=O) groups excluding carboxylic acids is 1. The molecular formula is C9H20N2O3. The van der Waals surface area contributed by atoms with Gasteiger partial charge in [0.25, 0.3) is 0 Å². The van der Waals surface area contributed by atoms with Gasteiger partial charge in [-0.2, -0.15) is 0 Å². The second kappa shape index (κ2) is 8.93.